The molecular formula is C13H19N3. The molecule has 0 aliphatic heterocycles. The lowest BCUT2D eigenvalue weighted by atomic mass is 10.1. The topological polar surface area (TPSA) is 39.9 Å². The molecule has 1 aromatic rings. The van der Waals surface area contributed by atoms with Crippen LogP contribution < -0.4 is 0 Å². The van der Waals surface area contributed by atoms with Crippen LogP contribution in [0, 0.1) is 17.2 Å². The number of nitriles is 1. The van der Waals surface area contributed by atoms with Crippen molar-refractivity contribution in [3.8, 4) is 6.07 Å². The van der Waals surface area contributed by atoms with E-state index in [1.807, 2.05) is 12.3 Å². The van der Waals surface area contributed by atoms with Crippen LogP contribution in [0.4, 0.5) is 0 Å². The monoisotopic (exact) mass is 217 g/mol. The minimum absolute atomic E-state index is 0.152. The van der Waals surface area contributed by atoms with Crippen molar-refractivity contribution in [1.29, 1.82) is 5.26 Å². The third-order valence-corrected chi connectivity index (χ3v) is 2.71. The molecule has 0 bridgehead atoms. The van der Waals surface area contributed by atoms with Crippen molar-refractivity contribution in [3.63, 3.8) is 0 Å². The molecule has 0 amide bonds. The first-order valence-electron chi connectivity index (χ1n) is 5.73. The molecule has 0 aliphatic rings. The van der Waals surface area contributed by atoms with Crippen LogP contribution >= 0.6 is 0 Å². The molecule has 1 unspecified atom stereocenters. The molecule has 3 nitrogen and oxygen atoms in total. The molecule has 0 aromatic carbocycles. The number of nitrogens with zero attached hydrogens (tertiary/aromatic N) is 3. The predicted octanol–water partition coefficient (Wildman–Crippen LogP) is 2.11. The van der Waals surface area contributed by atoms with Crippen molar-refractivity contribution in [2.24, 2.45) is 5.92 Å². The minimum Gasteiger partial charge on any atom is -0.305 e. The fourth-order valence-corrected chi connectivity index (χ4v) is 1.59. The average molecular weight is 217 g/mol. The van der Waals surface area contributed by atoms with Crippen molar-refractivity contribution in [2.45, 2.75) is 19.8 Å². The van der Waals surface area contributed by atoms with Gasteiger partial charge in [0.1, 0.15) is 0 Å². The molecule has 0 saturated heterocycles. The first kappa shape index (κ1) is 12.7. The Morgan fingerprint density at radius 3 is 2.94 bits per heavy atom. The standard InChI is InChI=1S/C13H19N3/c1-3-12(9-14)11-16(2)8-6-13-5-4-7-15-10-13/h4-5,7,10,12H,3,6,8,11H2,1-2H3. The maximum Gasteiger partial charge on any atom is 0.0669 e. The summed E-state index contributed by atoms with van der Waals surface area (Å²) in [4.78, 5) is 6.30. The lowest BCUT2D eigenvalue weighted by Crippen LogP contribution is -2.27. The maximum absolute atomic E-state index is 8.87. The van der Waals surface area contributed by atoms with Crippen LogP contribution in [0.3, 0.4) is 0 Å². The Labute approximate surface area is 97.7 Å². The Kier molecular flexibility index (Phi) is 5.52. The van der Waals surface area contributed by atoms with Gasteiger partial charge in [-0.05, 0) is 31.5 Å². The lowest BCUT2D eigenvalue weighted by molar-refractivity contribution is 0.303. The van der Waals surface area contributed by atoms with Crippen LogP contribution in [0.15, 0.2) is 24.5 Å². The van der Waals surface area contributed by atoms with E-state index < -0.39 is 0 Å². The van der Waals surface area contributed by atoms with E-state index in [2.05, 4.69) is 36.0 Å². The fraction of sp³-hybridized carbons (Fsp3) is 0.538. The van der Waals surface area contributed by atoms with E-state index in [1.54, 1.807) is 6.20 Å². The Morgan fingerprint density at radius 1 is 1.56 bits per heavy atom. The minimum atomic E-state index is 0.152. The molecular weight excluding hydrogens is 198 g/mol. The van der Waals surface area contributed by atoms with Gasteiger partial charge in [-0.15, -0.1) is 0 Å². The van der Waals surface area contributed by atoms with Gasteiger partial charge in [-0.3, -0.25) is 4.98 Å². The second-order valence-electron chi connectivity index (χ2n) is 4.11. The zero-order valence-corrected chi connectivity index (χ0v) is 10.1. The highest BCUT2D eigenvalue weighted by Crippen LogP contribution is 2.04. The summed E-state index contributed by atoms with van der Waals surface area (Å²) in [6, 6.07) is 6.37. The van der Waals surface area contributed by atoms with Gasteiger partial charge in [0.05, 0.1) is 12.0 Å². The van der Waals surface area contributed by atoms with Crippen LogP contribution in [0.5, 0.6) is 0 Å². The fourth-order valence-electron chi connectivity index (χ4n) is 1.59. The SMILES string of the molecule is CCC(C#N)CN(C)CCc1cccnc1. The van der Waals surface area contributed by atoms with Crippen LogP contribution in [-0.4, -0.2) is 30.0 Å². The second kappa shape index (κ2) is 6.97. The summed E-state index contributed by atoms with van der Waals surface area (Å²) in [6.45, 7) is 3.89. The highest BCUT2D eigenvalue weighted by Gasteiger charge is 2.08. The second-order valence-corrected chi connectivity index (χ2v) is 4.11. The first-order chi connectivity index (χ1) is 7.76. The molecule has 1 atom stereocenters. The van der Waals surface area contributed by atoms with Gasteiger partial charge < -0.3 is 4.90 Å². The number of rotatable bonds is 6. The molecule has 1 aromatic heterocycles. The quantitative estimate of drug-likeness (QED) is 0.732. The van der Waals surface area contributed by atoms with Crippen molar-refractivity contribution < 1.29 is 0 Å². The number of hydrogen-bond donors (Lipinski definition) is 0. The largest absolute Gasteiger partial charge is 0.305 e. The van der Waals surface area contributed by atoms with Crippen molar-refractivity contribution in [1.82, 2.24) is 9.88 Å². The van der Waals surface area contributed by atoms with Gasteiger partial charge in [0.25, 0.3) is 0 Å². The average Bonchev–Trinajstić information content (AvgIpc) is 2.34. The highest BCUT2D eigenvalue weighted by atomic mass is 15.1. The van der Waals surface area contributed by atoms with Crippen LogP contribution in [0.2, 0.25) is 0 Å². The van der Waals surface area contributed by atoms with Gasteiger partial charge in [0.2, 0.25) is 0 Å². The molecule has 0 N–H and O–H groups in total. The van der Waals surface area contributed by atoms with Crippen molar-refractivity contribution in [2.75, 3.05) is 20.1 Å². The van der Waals surface area contributed by atoms with Crippen LogP contribution in [0.25, 0.3) is 0 Å². The molecule has 0 saturated carbocycles. The van der Waals surface area contributed by atoms with Crippen molar-refractivity contribution >= 4 is 0 Å². The van der Waals surface area contributed by atoms with E-state index in [1.165, 1.54) is 5.56 Å². The third-order valence-electron chi connectivity index (χ3n) is 2.71. The number of pyridine rings is 1. The van der Waals surface area contributed by atoms with Gasteiger partial charge in [-0.1, -0.05) is 13.0 Å². The molecule has 0 aliphatic carbocycles. The molecule has 1 heterocycles. The van der Waals surface area contributed by atoms with Crippen LogP contribution in [0.1, 0.15) is 18.9 Å². The zero-order chi connectivity index (χ0) is 11.8. The van der Waals surface area contributed by atoms with Gasteiger partial charge in [-0.2, -0.15) is 5.26 Å². The van der Waals surface area contributed by atoms with Crippen molar-refractivity contribution in [3.05, 3.63) is 30.1 Å². The van der Waals surface area contributed by atoms with Gasteiger partial charge in [-0.25, -0.2) is 0 Å². The zero-order valence-electron chi connectivity index (χ0n) is 10.1. The molecule has 0 radical (unpaired) electrons. The summed E-state index contributed by atoms with van der Waals surface area (Å²) < 4.78 is 0. The van der Waals surface area contributed by atoms with E-state index in [4.69, 9.17) is 5.26 Å². The molecule has 0 fully saturated rings. The Morgan fingerprint density at radius 2 is 2.38 bits per heavy atom. The summed E-state index contributed by atoms with van der Waals surface area (Å²) in [6.07, 6.45) is 5.60. The molecule has 16 heavy (non-hydrogen) atoms. The normalized spacial score (nSPS) is 12.4. The van der Waals surface area contributed by atoms with Gasteiger partial charge in [0.15, 0.2) is 0 Å². The predicted molar refractivity (Wildman–Crippen MR) is 64.8 cm³/mol. The lowest BCUT2D eigenvalue weighted by Gasteiger charge is -2.18. The van der Waals surface area contributed by atoms with Crippen LogP contribution in [-0.2, 0) is 6.42 Å². The Hall–Kier alpha value is -1.40. The highest BCUT2D eigenvalue weighted by molar-refractivity contribution is 5.08. The van der Waals surface area contributed by atoms with Gasteiger partial charge >= 0.3 is 0 Å². The van der Waals surface area contributed by atoms with E-state index in [-0.39, 0.29) is 5.92 Å². The van der Waals surface area contributed by atoms with Gasteiger partial charge in [0, 0.05) is 25.5 Å². The molecule has 1 rings (SSSR count). The number of likely N-dealkylation sites (N-methyl/N-ethyl adjacent to an activating group) is 1. The van der Waals surface area contributed by atoms with E-state index in [9.17, 15) is 0 Å². The summed E-state index contributed by atoms with van der Waals surface area (Å²) in [5.74, 6) is 0.152. The van der Waals surface area contributed by atoms with E-state index in [0.717, 1.165) is 25.9 Å². The smallest absolute Gasteiger partial charge is 0.0669 e. The first-order valence-corrected chi connectivity index (χ1v) is 5.73. The molecule has 0 spiro atoms. The number of hydrogen-bond acceptors (Lipinski definition) is 3. The maximum atomic E-state index is 8.87. The molecule has 86 valence electrons. The summed E-state index contributed by atoms with van der Waals surface area (Å²) >= 11 is 0. The summed E-state index contributed by atoms with van der Waals surface area (Å²) in [5.41, 5.74) is 1.25. The van der Waals surface area contributed by atoms with E-state index >= 15 is 0 Å². The number of aromatic nitrogens is 1. The Bertz CT molecular complexity index is 329. The van der Waals surface area contributed by atoms with E-state index in [0.29, 0.717) is 0 Å². The third kappa shape index (κ3) is 4.41. The Balaban J connectivity index is 2.30. The summed E-state index contributed by atoms with van der Waals surface area (Å²) in [7, 11) is 2.07. The molecule has 3 heteroatoms. The summed E-state index contributed by atoms with van der Waals surface area (Å²) in [5, 5.41) is 8.87.